The SMILES string of the molecule is CNC(=O)N(Cc1ccncc1)C1CCN(CC2=C(C)NC(c3ccc(C(F)(F)F)cc3)N2)CC1. The van der Waals surface area contributed by atoms with Crippen molar-refractivity contribution in [1.82, 2.24) is 30.7 Å². The van der Waals surface area contributed by atoms with E-state index in [1.807, 2.05) is 24.0 Å². The minimum atomic E-state index is -4.34. The number of halogens is 3. The molecular weight excluding hydrogens is 457 g/mol. The molecule has 7 nitrogen and oxygen atoms in total. The number of aromatic nitrogens is 1. The smallest absolute Gasteiger partial charge is 0.364 e. The van der Waals surface area contributed by atoms with Crippen molar-refractivity contribution < 1.29 is 18.0 Å². The van der Waals surface area contributed by atoms with Gasteiger partial charge in [0.25, 0.3) is 0 Å². The van der Waals surface area contributed by atoms with Crippen molar-refractivity contribution in [2.75, 3.05) is 26.7 Å². The van der Waals surface area contributed by atoms with E-state index in [4.69, 9.17) is 0 Å². The highest BCUT2D eigenvalue weighted by atomic mass is 19.4. The highest BCUT2D eigenvalue weighted by molar-refractivity contribution is 5.74. The summed E-state index contributed by atoms with van der Waals surface area (Å²) in [7, 11) is 1.65. The highest BCUT2D eigenvalue weighted by Crippen LogP contribution is 2.31. The highest BCUT2D eigenvalue weighted by Gasteiger charge is 2.32. The molecule has 4 rings (SSSR count). The number of hydrogen-bond donors (Lipinski definition) is 3. The Hall–Kier alpha value is -3.27. The number of amides is 2. The predicted molar refractivity (Wildman–Crippen MR) is 127 cm³/mol. The van der Waals surface area contributed by atoms with Crippen molar-refractivity contribution in [3.63, 3.8) is 0 Å². The summed E-state index contributed by atoms with van der Waals surface area (Å²) in [6, 6.07) is 9.14. The molecule has 0 radical (unpaired) electrons. The van der Waals surface area contributed by atoms with Gasteiger partial charge in [-0.1, -0.05) is 12.1 Å². The van der Waals surface area contributed by atoms with Crippen LogP contribution in [0.15, 0.2) is 60.2 Å². The average molecular weight is 489 g/mol. The van der Waals surface area contributed by atoms with Gasteiger partial charge in [0.05, 0.1) is 5.56 Å². The van der Waals surface area contributed by atoms with Crippen LogP contribution >= 0.6 is 0 Å². The third kappa shape index (κ3) is 6.05. The van der Waals surface area contributed by atoms with Crippen molar-refractivity contribution >= 4 is 6.03 Å². The summed E-state index contributed by atoms with van der Waals surface area (Å²) in [6.07, 6.45) is 0.592. The molecule has 2 aliphatic heterocycles. The van der Waals surface area contributed by atoms with Crippen LogP contribution in [0, 0.1) is 0 Å². The van der Waals surface area contributed by atoms with Crippen LogP contribution in [0.5, 0.6) is 0 Å². The Morgan fingerprint density at radius 2 is 1.77 bits per heavy atom. The number of benzene rings is 1. The van der Waals surface area contributed by atoms with Crippen LogP contribution in [0.2, 0.25) is 0 Å². The summed E-state index contributed by atoms with van der Waals surface area (Å²) in [5.41, 5.74) is 3.17. The number of nitrogens with zero attached hydrogens (tertiary/aromatic N) is 3. The molecule has 0 bridgehead atoms. The maximum atomic E-state index is 12.9. The first-order valence-corrected chi connectivity index (χ1v) is 11.7. The van der Waals surface area contributed by atoms with Crippen LogP contribution in [0.1, 0.15) is 42.6 Å². The van der Waals surface area contributed by atoms with Gasteiger partial charge in [-0.3, -0.25) is 9.88 Å². The molecule has 35 heavy (non-hydrogen) atoms. The number of carbonyl (C=O) groups is 1. The number of allylic oxidation sites excluding steroid dienone is 1. The summed E-state index contributed by atoms with van der Waals surface area (Å²) in [5.74, 6) is 0. The summed E-state index contributed by atoms with van der Waals surface area (Å²) in [6.45, 7) is 4.92. The third-order valence-electron chi connectivity index (χ3n) is 6.66. The van der Waals surface area contributed by atoms with Gasteiger partial charge in [0.15, 0.2) is 0 Å². The Kier molecular flexibility index (Phi) is 7.49. The topological polar surface area (TPSA) is 72.5 Å². The number of rotatable bonds is 6. The molecule has 0 spiro atoms. The molecule has 1 aromatic heterocycles. The number of likely N-dealkylation sites (tertiary alicyclic amines) is 1. The maximum absolute atomic E-state index is 12.9. The Bertz CT molecular complexity index is 1030. The van der Waals surface area contributed by atoms with Crippen LogP contribution in [-0.4, -0.2) is 53.5 Å². The van der Waals surface area contributed by atoms with E-state index >= 15 is 0 Å². The second-order valence-electron chi connectivity index (χ2n) is 8.99. The zero-order valence-corrected chi connectivity index (χ0v) is 19.9. The van der Waals surface area contributed by atoms with E-state index in [-0.39, 0.29) is 18.2 Å². The largest absolute Gasteiger partial charge is 0.416 e. The van der Waals surface area contributed by atoms with Crippen molar-refractivity contribution in [3.05, 3.63) is 76.9 Å². The molecule has 0 saturated carbocycles. The van der Waals surface area contributed by atoms with Gasteiger partial charge in [-0.2, -0.15) is 13.2 Å². The van der Waals surface area contributed by atoms with Crippen LogP contribution < -0.4 is 16.0 Å². The van der Waals surface area contributed by atoms with Gasteiger partial charge in [-0.15, -0.1) is 0 Å². The first-order valence-electron chi connectivity index (χ1n) is 11.7. The van der Waals surface area contributed by atoms with Gasteiger partial charge in [0.2, 0.25) is 0 Å². The van der Waals surface area contributed by atoms with E-state index in [9.17, 15) is 18.0 Å². The van der Waals surface area contributed by atoms with E-state index in [2.05, 4.69) is 25.8 Å². The van der Waals surface area contributed by atoms with Crippen molar-refractivity contribution in [3.8, 4) is 0 Å². The van der Waals surface area contributed by atoms with Gasteiger partial charge in [-0.25, -0.2) is 4.79 Å². The number of carbonyl (C=O) groups excluding carboxylic acids is 1. The number of piperidine rings is 1. The molecule has 3 heterocycles. The number of hydrogen-bond acceptors (Lipinski definition) is 5. The lowest BCUT2D eigenvalue weighted by molar-refractivity contribution is -0.137. The molecule has 1 atom stereocenters. The molecule has 1 unspecified atom stereocenters. The molecule has 1 fully saturated rings. The van der Waals surface area contributed by atoms with Gasteiger partial charge in [0.1, 0.15) is 6.17 Å². The first kappa shape index (κ1) is 24.8. The molecule has 3 N–H and O–H groups in total. The number of urea groups is 1. The zero-order valence-electron chi connectivity index (χ0n) is 19.9. The average Bonchev–Trinajstić information content (AvgIpc) is 3.23. The Morgan fingerprint density at radius 1 is 1.11 bits per heavy atom. The summed E-state index contributed by atoms with van der Waals surface area (Å²) < 4.78 is 38.6. The lowest BCUT2D eigenvalue weighted by Gasteiger charge is -2.38. The number of pyridine rings is 1. The molecular formula is C25H31F3N6O. The Morgan fingerprint density at radius 3 is 2.37 bits per heavy atom. The second kappa shape index (κ2) is 10.6. The van der Waals surface area contributed by atoms with Crippen molar-refractivity contribution in [2.24, 2.45) is 0 Å². The Balaban J connectivity index is 1.32. The third-order valence-corrected chi connectivity index (χ3v) is 6.66. The lowest BCUT2D eigenvalue weighted by Crippen LogP contribution is -2.50. The standard InChI is InChI=1S/C25H31F3N6O/c1-17-22(32-23(31-17)19-3-5-20(6-4-19)25(26,27)28)16-33-13-9-21(10-14-33)34(24(35)29-2)15-18-7-11-30-12-8-18/h3-8,11-12,21,23,31-32H,9-10,13-16H2,1-2H3,(H,29,35). The maximum Gasteiger partial charge on any atom is 0.416 e. The summed E-state index contributed by atoms with van der Waals surface area (Å²) in [4.78, 5) is 20.8. The quantitative estimate of drug-likeness (QED) is 0.577. The molecule has 2 aliphatic rings. The van der Waals surface area contributed by atoms with E-state index in [0.717, 1.165) is 60.6 Å². The van der Waals surface area contributed by atoms with Crippen LogP contribution in [0.4, 0.5) is 18.0 Å². The van der Waals surface area contributed by atoms with Crippen LogP contribution in [0.25, 0.3) is 0 Å². The molecule has 2 aromatic rings. The Labute approximate surface area is 203 Å². The molecule has 0 aliphatic carbocycles. The number of nitrogens with one attached hydrogen (secondary N) is 3. The first-order chi connectivity index (χ1) is 16.7. The summed E-state index contributed by atoms with van der Waals surface area (Å²) in [5, 5.41) is 9.52. The van der Waals surface area contributed by atoms with E-state index < -0.39 is 11.7 Å². The molecule has 1 aromatic carbocycles. The van der Waals surface area contributed by atoms with Gasteiger partial charge >= 0.3 is 12.2 Å². The fourth-order valence-corrected chi connectivity index (χ4v) is 4.63. The monoisotopic (exact) mass is 488 g/mol. The predicted octanol–water partition coefficient (Wildman–Crippen LogP) is 3.83. The van der Waals surface area contributed by atoms with E-state index in [0.29, 0.717) is 13.1 Å². The minimum Gasteiger partial charge on any atom is -0.364 e. The minimum absolute atomic E-state index is 0.0835. The fourth-order valence-electron chi connectivity index (χ4n) is 4.63. The zero-order chi connectivity index (χ0) is 25.0. The number of alkyl halides is 3. The second-order valence-corrected chi connectivity index (χ2v) is 8.99. The lowest BCUT2D eigenvalue weighted by atomic mass is 10.0. The van der Waals surface area contributed by atoms with Crippen LogP contribution in [0.3, 0.4) is 0 Å². The molecule has 1 saturated heterocycles. The molecule has 10 heteroatoms. The van der Waals surface area contributed by atoms with Gasteiger partial charge in [0, 0.05) is 63.1 Å². The summed E-state index contributed by atoms with van der Waals surface area (Å²) >= 11 is 0. The van der Waals surface area contributed by atoms with Gasteiger partial charge in [-0.05, 0) is 55.2 Å². The normalized spacial score (nSPS) is 19.3. The van der Waals surface area contributed by atoms with Crippen LogP contribution in [-0.2, 0) is 12.7 Å². The van der Waals surface area contributed by atoms with E-state index in [1.165, 1.54) is 12.1 Å². The molecule has 2 amide bonds. The molecule has 188 valence electrons. The van der Waals surface area contributed by atoms with E-state index in [1.54, 1.807) is 19.4 Å². The van der Waals surface area contributed by atoms with Gasteiger partial charge < -0.3 is 20.9 Å². The van der Waals surface area contributed by atoms with Crippen molar-refractivity contribution in [1.29, 1.82) is 0 Å². The fraction of sp³-hybridized carbons (Fsp3) is 0.440. The van der Waals surface area contributed by atoms with Crippen molar-refractivity contribution in [2.45, 2.75) is 44.7 Å².